The van der Waals surface area contributed by atoms with Gasteiger partial charge < -0.3 is 15.6 Å². The van der Waals surface area contributed by atoms with Crippen LogP contribution in [0.1, 0.15) is 23.1 Å². The number of carbonyl (C=O) groups is 2. The predicted octanol–water partition coefficient (Wildman–Crippen LogP) is 3.95. The van der Waals surface area contributed by atoms with Crippen LogP contribution in [0.15, 0.2) is 47.4 Å². The van der Waals surface area contributed by atoms with Crippen molar-refractivity contribution in [1.82, 2.24) is 0 Å². The van der Waals surface area contributed by atoms with Crippen LogP contribution in [-0.4, -0.2) is 29.2 Å². The van der Waals surface area contributed by atoms with E-state index >= 15 is 0 Å². The van der Waals surface area contributed by atoms with E-state index in [-0.39, 0.29) is 18.1 Å². The topological polar surface area (TPSA) is 89.6 Å². The van der Waals surface area contributed by atoms with Gasteiger partial charge in [0.05, 0.1) is 5.75 Å². The highest BCUT2D eigenvalue weighted by Crippen LogP contribution is 2.37. The Morgan fingerprint density at radius 2 is 1.86 bits per heavy atom. The molecule has 3 rings (SSSR count). The number of benzene rings is 2. The van der Waals surface area contributed by atoms with E-state index in [4.69, 9.17) is 27.2 Å². The molecule has 2 aromatic rings. The predicted molar refractivity (Wildman–Crippen MR) is 111 cm³/mol. The Hall–Kier alpha value is -2.44. The number of fused-ring (bicyclic) bond motifs is 1. The number of ketones is 1. The van der Waals surface area contributed by atoms with Crippen LogP contribution in [0.3, 0.4) is 0 Å². The Balaban J connectivity index is 1.66. The molecule has 0 atom stereocenters. The summed E-state index contributed by atoms with van der Waals surface area (Å²) >= 11 is 7.33. The number of carbonyl (C=O) groups excluding carboxylic acids is 1. The number of rotatable bonds is 8. The van der Waals surface area contributed by atoms with E-state index in [1.807, 2.05) is 6.07 Å². The third-order valence-electron chi connectivity index (χ3n) is 4.41. The van der Waals surface area contributed by atoms with Gasteiger partial charge in [0, 0.05) is 21.7 Å². The Labute approximate surface area is 172 Å². The summed E-state index contributed by atoms with van der Waals surface area (Å²) < 4.78 is 5.39. The van der Waals surface area contributed by atoms with Crippen molar-refractivity contribution in [3.05, 3.63) is 64.2 Å². The zero-order valence-electron chi connectivity index (χ0n) is 15.1. The minimum atomic E-state index is -0.999. The zero-order valence-corrected chi connectivity index (χ0v) is 16.7. The molecular weight excluding hydrogens is 398 g/mol. The highest BCUT2D eigenvalue weighted by Gasteiger charge is 2.20. The molecule has 0 amide bonds. The van der Waals surface area contributed by atoms with Crippen LogP contribution < -0.4 is 10.5 Å². The van der Waals surface area contributed by atoms with Crippen molar-refractivity contribution in [2.24, 2.45) is 5.73 Å². The van der Waals surface area contributed by atoms with Gasteiger partial charge in [-0.15, -0.1) is 11.8 Å². The first kappa shape index (κ1) is 20.3. The second-order valence-corrected chi connectivity index (χ2v) is 7.87. The minimum Gasteiger partial charge on any atom is -0.482 e. The molecule has 0 unspecified atom stereocenters. The molecule has 0 aromatic heterocycles. The van der Waals surface area contributed by atoms with E-state index in [2.05, 4.69) is 0 Å². The zero-order chi connectivity index (χ0) is 20.1. The smallest absolute Gasteiger partial charge is 0.341 e. The Kier molecular flexibility index (Phi) is 6.65. The van der Waals surface area contributed by atoms with Crippen molar-refractivity contribution in [1.29, 1.82) is 0 Å². The SMILES string of the molecule is NC(=CC(=O)CSc1ccc(OCC(=O)O)c2c1CCC2)c1ccc(Cl)cc1. The third kappa shape index (κ3) is 5.09. The molecule has 1 aliphatic rings. The van der Waals surface area contributed by atoms with E-state index in [1.165, 1.54) is 17.8 Å². The Morgan fingerprint density at radius 3 is 2.57 bits per heavy atom. The molecule has 5 nitrogen and oxygen atoms in total. The van der Waals surface area contributed by atoms with Gasteiger partial charge in [0.2, 0.25) is 0 Å². The number of halogens is 1. The van der Waals surface area contributed by atoms with Crippen molar-refractivity contribution >= 4 is 40.8 Å². The van der Waals surface area contributed by atoms with Gasteiger partial charge in [0.15, 0.2) is 12.4 Å². The molecule has 1 aliphatic carbocycles. The monoisotopic (exact) mass is 417 g/mol. The van der Waals surface area contributed by atoms with Gasteiger partial charge >= 0.3 is 5.97 Å². The van der Waals surface area contributed by atoms with E-state index in [1.54, 1.807) is 30.3 Å². The molecule has 0 saturated carbocycles. The maximum Gasteiger partial charge on any atom is 0.341 e. The van der Waals surface area contributed by atoms with Crippen molar-refractivity contribution < 1.29 is 19.4 Å². The molecule has 0 aliphatic heterocycles. The van der Waals surface area contributed by atoms with Crippen molar-refractivity contribution in [3.8, 4) is 5.75 Å². The number of hydrogen-bond donors (Lipinski definition) is 2. The molecule has 0 fully saturated rings. The number of allylic oxidation sites excluding steroid dienone is 1. The Morgan fingerprint density at radius 1 is 1.14 bits per heavy atom. The van der Waals surface area contributed by atoms with Gasteiger partial charge in [-0.25, -0.2) is 4.79 Å². The summed E-state index contributed by atoms with van der Waals surface area (Å²) in [6.45, 7) is -0.355. The molecule has 0 saturated heterocycles. The highest BCUT2D eigenvalue weighted by atomic mass is 35.5. The van der Waals surface area contributed by atoms with Crippen LogP contribution in [0.25, 0.3) is 5.70 Å². The molecule has 0 heterocycles. The van der Waals surface area contributed by atoms with E-state index in [0.717, 1.165) is 40.8 Å². The number of carboxylic acid groups (broad SMARTS) is 1. The molecule has 2 aromatic carbocycles. The highest BCUT2D eigenvalue weighted by molar-refractivity contribution is 8.00. The summed E-state index contributed by atoms with van der Waals surface area (Å²) in [7, 11) is 0. The maximum absolute atomic E-state index is 12.3. The summed E-state index contributed by atoms with van der Waals surface area (Å²) in [5.41, 5.74) is 9.37. The van der Waals surface area contributed by atoms with Crippen LogP contribution in [-0.2, 0) is 22.4 Å². The van der Waals surface area contributed by atoms with Gasteiger partial charge in [-0.2, -0.15) is 0 Å². The second kappa shape index (κ2) is 9.17. The van der Waals surface area contributed by atoms with Gasteiger partial charge in [0.1, 0.15) is 5.75 Å². The quantitative estimate of drug-likeness (QED) is 0.499. The van der Waals surface area contributed by atoms with Crippen LogP contribution in [0.5, 0.6) is 5.75 Å². The maximum atomic E-state index is 12.3. The van der Waals surface area contributed by atoms with Crippen LogP contribution in [0, 0.1) is 0 Å². The fraction of sp³-hybridized carbons (Fsp3) is 0.238. The first-order chi connectivity index (χ1) is 13.4. The van der Waals surface area contributed by atoms with E-state index in [0.29, 0.717) is 16.5 Å². The largest absolute Gasteiger partial charge is 0.482 e. The van der Waals surface area contributed by atoms with E-state index < -0.39 is 5.97 Å². The molecule has 3 N–H and O–H groups in total. The van der Waals surface area contributed by atoms with E-state index in [9.17, 15) is 9.59 Å². The lowest BCUT2D eigenvalue weighted by atomic mass is 10.1. The lowest BCUT2D eigenvalue weighted by Crippen LogP contribution is -2.10. The summed E-state index contributed by atoms with van der Waals surface area (Å²) in [5.74, 6) is -0.176. The summed E-state index contributed by atoms with van der Waals surface area (Å²) in [6.07, 6.45) is 4.20. The molecule has 0 radical (unpaired) electrons. The van der Waals surface area contributed by atoms with Crippen molar-refractivity contribution in [3.63, 3.8) is 0 Å². The first-order valence-electron chi connectivity index (χ1n) is 8.82. The number of aliphatic carboxylic acids is 1. The molecule has 0 bridgehead atoms. The average Bonchev–Trinajstić information content (AvgIpc) is 3.15. The number of nitrogens with two attached hydrogens (primary N) is 1. The first-order valence-corrected chi connectivity index (χ1v) is 10.2. The average molecular weight is 418 g/mol. The molecule has 28 heavy (non-hydrogen) atoms. The fourth-order valence-corrected chi connectivity index (χ4v) is 4.21. The minimum absolute atomic E-state index is 0.0737. The van der Waals surface area contributed by atoms with Crippen molar-refractivity contribution in [2.45, 2.75) is 24.2 Å². The summed E-state index contributed by atoms with van der Waals surface area (Å²) in [4.78, 5) is 24.1. The van der Waals surface area contributed by atoms with Gasteiger partial charge in [-0.05, 0) is 60.2 Å². The molecule has 146 valence electrons. The molecular formula is C21H20ClNO4S. The lowest BCUT2D eigenvalue weighted by Gasteiger charge is -2.12. The molecule has 7 heteroatoms. The number of ether oxygens (including phenoxy) is 1. The van der Waals surface area contributed by atoms with Gasteiger partial charge in [0.25, 0.3) is 0 Å². The summed E-state index contributed by atoms with van der Waals surface area (Å²) in [6, 6.07) is 10.7. The number of thioether (sulfide) groups is 1. The standard InChI is InChI=1S/C21H20ClNO4S/c22-14-6-4-13(5-7-14)18(23)10-15(24)12-28-20-9-8-19(27-11-21(25)26)16-2-1-3-17(16)20/h4-10H,1-3,11-12,23H2,(H,25,26). The summed E-state index contributed by atoms with van der Waals surface area (Å²) in [5, 5.41) is 9.42. The number of carboxylic acids is 1. The van der Waals surface area contributed by atoms with Crippen LogP contribution in [0.2, 0.25) is 5.02 Å². The van der Waals surface area contributed by atoms with Crippen LogP contribution >= 0.6 is 23.4 Å². The van der Waals surface area contributed by atoms with Crippen LogP contribution in [0.4, 0.5) is 0 Å². The van der Waals surface area contributed by atoms with Gasteiger partial charge in [-0.3, -0.25) is 4.79 Å². The Bertz CT molecular complexity index is 925. The normalized spacial score (nSPS) is 13.2. The second-order valence-electron chi connectivity index (χ2n) is 6.42. The third-order valence-corrected chi connectivity index (χ3v) is 5.79. The van der Waals surface area contributed by atoms with Gasteiger partial charge in [-0.1, -0.05) is 23.7 Å². The van der Waals surface area contributed by atoms with Crippen molar-refractivity contribution in [2.75, 3.05) is 12.4 Å². The lowest BCUT2D eigenvalue weighted by molar-refractivity contribution is -0.139. The number of hydrogen-bond acceptors (Lipinski definition) is 5. The fourth-order valence-electron chi connectivity index (χ4n) is 3.14. The molecule has 0 spiro atoms.